The number of benzene rings is 1. The third kappa shape index (κ3) is 1.99. The minimum Gasteiger partial charge on any atom is -0.375 e. The van der Waals surface area contributed by atoms with E-state index in [2.05, 4.69) is 0 Å². The number of Topliss-reactive ketones (excluding diaryl/α,β-unsaturated/α-hetero) is 1. The van der Waals surface area contributed by atoms with Crippen LogP contribution in [0.5, 0.6) is 0 Å². The van der Waals surface area contributed by atoms with E-state index >= 15 is 0 Å². The van der Waals surface area contributed by atoms with Gasteiger partial charge in [-0.3, -0.25) is 4.79 Å². The van der Waals surface area contributed by atoms with Crippen LogP contribution in [0.15, 0.2) is 18.2 Å². The summed E-state index contributed by atoms with van der Waals surface area (Å²) in [6.07, 6.45) is 4.79. The molecule has 2 fully saturated rings. The number of carbonyl (C=O) groups is 1. The number of carbonyl (C=O) groups excluding carboxylic acids is 1. The van der Waals surface area contributed by atoms with Gasteiger partial charge in [0.1, 0.15) is 0 Å². The molecule has 1 aromatic rings. The molecule has 0 aliphatic carbocycles. The Hall–Kier alpha value is -1.15. The van der Waals surface area contributed by atoms with Crippen molar-refractivity contribution in [2.45, 2.75) is 51.7 Å². The van der Waals surface area contributed by atoms with Crippen LogP contribution in [0.25, 0.3) is 0 Å². The van der Waals surface area contributed by atoms with Crippen LogP contribution >= 0.6 is 0 Å². The summed E-state index contributed by atoms with van der Waals surface area (Å²) >= 11 is 0. The second kappa shape index (κ2) is 4.51. The maximum Gasteiger partial charge on any atom is 0.166 e. The molecule has 2 aliphatic rings. The van der Waals surface area contributed by atoms with Gasteiger partial charge in [0.15, 0.2) is 5.78 Å². The number of aryl methyl sites for hydroxylation is 2. The van der Waals surface area contributed by atoms with Crippen molar-refractivity contribution in [3.05, 3.63) is 34.9 Å². The smallest absolute Gasteiger partial charge is 0.166 e. The van der Waals surface area contributed by atoms with E-state index in [1.807, 2.05) is 32.0 Å². The van der Waals surface area contributed by atoms with Gasteiger partial charge in [0.05, 0.1) is 12.2 Å². The van der Waals surface area contributed by atoms with E-state index in [9.17, 15) is 4.79 Å². The second-order valence-corrected chi connectivity index (χ2v) is 5.76. The van der Waals surface area contributed by atoms with Gasteiger partial charge in [-0.05, 0) is 50.7 Å². The normalized spacial score (nSPS) is 30.4. The lowest BCUT2D eigenvalue weighted by Gasteiger charge is -2.28. The Morgan fingerprint density at radius 1 is 1.11 bits per heavy atom. The summed E-state index contributed by atoms with van der Waals surface area (Å²) in [6.45, 7) is 4.07. The Labute approximate surface area is 108 Å². The summed E-state index contributed by atoms with van der Waals surface area (Å²) in [4.78, 5) is 12.7. The minimum atomic E-state index is 0.177. The first-order chi connectivity index (χ1) is 8.65. The maximum atomic E-state index is 12.7. The first kappa shape index (κ1) is 11.9. The maximum absolute atomic E-state index is 12.7. The van der Waals surface area contributed by atoms with Crippen LogP contribution in [0.3, 0.4) is 0 Å². The van der Waals surface area contributed by atoms with Gasteiger partial charge < -0.3 is 4.74 Å². The van der Waals surface area contributed by atoms with Crippen LogP contribution in [-0.4, -0.2) is 18.0 Å². The van der Waals surface area contributed by atoms with Crippen LogP contribution in [0.1, 0.15) is 47.2 Å². The quantitative estimate of drug-likeness (QED) is 0.745. The summed E-state index contributed by atoms with van der Waals surface area (Å²) in [5.74, 6) is 0.516. The molecule has 3 rings (SSSR count). The molecule has 2 heterocycles. The van der Waals surface area contributed by atoms with Crippen LogP contribution < -0.4 is 0 Å². The molecule has 2 atom stereocenters. The van der Waals surface area contributed by atoms with Crippen molar-refractivity contribution >= 4 is 5.78 Å². The topological polar surface area (TPSA) is 26.3 Å². The van der Waals surface area contributed by atoms with Gasteiger partial charge in [0, 0.05) is 11.5 Å². The molecular weight excluding hydrogens is 224 g/mol. The number of ketones is 1. The molecule has 2 aliphatic heterocycles. The molecule has 2 bridgehead atoms. The zero-order chi connectivity index (χ0) is 12.7. The zero-order valence-corrected chi connectivity index (χ0v) is 11.1. The predicted molar refractivity (Wildman–Crippen MR) is 70.9 cm³/mol. The highest BCUT2D eigenvalue weighted by Crippen LogP contribution is 2.37. The first-order valence-electron chi connectivity index (χ1n) is 6.91. The Balaban J connectivity index is 1.86. The fourth-order valence-corrected chi connectivity index (χ4v) is 3.48. The molecule has 2 nitrogen and oxygen atoms in total. The lowest BCUT2D eigenvalue weighted by molar-refractivity contribution is -0.0149. The highest BCUT2D eigenvalue weighted by Gasteiger charge is 2.38. The number of rotatable bonds is 2. The van der Waals surface area contributed by atoms with Crippen LogP contribution in [0, 0.1) is 19.8 Å². The van der Waals surface area contributed by atoms with E-state index in [1.54, 1.807) is 0 Å². The van der Waals surface area contributed by atoms with Crippen LogP contribution in [0.2, 0.25) is 0 Å². The summed E-state index contributed by atoms with van der Waals surface area (Å²) in [5, 5.41) is 0. The van der Waals surface area contributed by atoms with Crippen molar-refractivity contribution in [2.75, 3.05) is 0 Å². The van der Waals surface area contributed by atoms with Crippen LogP contribution in [-0.2, 0) is 4.74 Å². The van der Waals surface area contributed by atoms with Gasteiger partial charge in [-0.15, -0.1) is 0 Å². The molecule has 96 valence electrons. The van der Waals surface area contributed by atoms with Crippen molar-refractivity contribution in [1.82, 2.24) is 0 Å². The summed E-state index contributed by atoms with van der Waals surface area (Å²) < 4.78 is 5.82. The summed E-state index contributed by atoms with van der Waals surface area (Å²) in [6, 6.07) is 6.09. The predicted octanol–water partition coefficient (Wildman–Crippen LogP) is 3.44. The van der Waals surface area contributed by atoms with E-state index in [0.29, 0.717) is 18.0 Å². The Morgan fingerprint density at radius 3 is 2.22 bits per heavy atom. The molecule has 18 heavy (non-hydrogen) atoms. The molecule has 2 heteroatoms. The van der Waals surface area contributed by atoms with Crippen molar-refractivity contribution in [2.24, 2.45) is 5.92 Å². The van der Waals surface area contributed by atoms with Gasteiger partial charge in [-0.2, -0.15) is 0 Å². The van der Waals surface area contributed by atoms with E-state index in [4.69, 9.17) is 4.74 Å². The molecule has 0 amide bonds. The molecule has 0 radical (unpaired) electrons. The molecule has 0 saturated carbocycles. The highest BCUT2D eigenvalue weighted by atomic mass is 16.5. The largest absolute Gasteiger partial charge is 0.375 e. The monoisotopic (exact) mass is 244 g/mol. The van der Waals surface area contributed by atoms with E-state index in [1.165, 1.54) is 0 Å². The van der Waals surface area contributed by atoms with E-state index in [-0.39, 0.29) is 5.92 Å². The fourth-order valence-electron chi connectivity index (χ4n) is 3.48. The molecule has 0 N–H and O–H groups in total. The summed E-state index contributed by atoms with van der Waals surface area (Å²) in [5.41, 5.74) is 3.17. The third-order valence-corrected chi connectivity index (χ3v) is 4.39. The molecule has 1 aromatic carbocycles. The lowest BCUT2D eigenvalue weighted by Crippen LogP contribution is -2.30. The number of hydrogen-bond donors (Lipinski definition) is 0. The number of ether oxygens (including phenoxy) is 1. The highest BCUT2D eigenvalue weighted by molar-refractivity contribution is 6.00. The Kier molecular flexibility index (Phi) is 2.98. The minimum absolute atomic E-state index is 0.177. The summed E-state index contributed by atoms with van der Waals surface area (Å²) in [7, 11) is 0. The molecule has 0 aromatic heterocycles. The lowest BCUT2D eigenvalue weighted by atomic mass is 9.85. The molecular formula is C16H20O2. The van der Waals surface area contributed by atoms with Crippen molar-refractivity contribution in [1.29, 1.82) is 0 Å². The van der Waals surface area contributed by atoms with Gasteiger partial charge in [-0.25, -0.2) is 0 Å². The number of hydrogen-bond acceptors (Lipinski definition) is 2. The first-order valence-corrected chi connectivity index (χ1v) is 6.91. The van der Waals surface area contributed by atoms with E-state index < -0.39 is 0 Å². The van der Waals surface area contributed by atoms with E-state index in [0.717, 1.165) is 42.4 Å². The Bertz CT molecular complexity index is 446. The van der Waals surface area contributed by atoms with Gasteiger partial charge in [0.25, 0.3) is 0 Å². The standard InChI is InChI=1S/C16H20O2/c1-10-4-3-5-11(2)15(10)16(17)12-8-13-6-7-14(9-12)18-13/h3-5,12-14H,6-9H2,1-2H3. The fraction of sp³-hybridized carbons (Fsp3) is 0.562. The van der Waals surface area contributed by atoms with Gasteiger partial charge in [0.2, 0.25) is 0 Å². The van der Waals surface area contributed by atoms with Crippen molar-refractivity contribution in [3.63, 3.8) is 0 Å². The van der Waals surface area contributed by atoms with Gasteiger partial charge in [-0.1, -0.05) is 18.2 Å². The Morgan fingerprint density at radius 2 is 1.67 bits per heavy atom. The SMILES string of the molecule is Cc1cccc(C)c1C(=O)C1CC2CCC(C1)O2. The third-order valence-electron chi connectivity index (χ3n) is 4.39. The second-order valence-electron chi connectivity index (χ2n) is 5.76. The average Bonchev–Trinajstić information content (AvgIpc) is 2.68. The van der Waals surface area contributed by atoms with Crippen LogP contribution in [0.4, 0.5) is 0 Å². The van der Waals surface area contributed by atoms with Crippen molar-refractivity contribution < 1.29 is 9.53 Å². The van der Waals surface area contributed by atoms with Gasteiger partial charge >= 0.3 is 0 Å². The molecule has 2 unspecified atom stereocenters. The molecule has 0 spiro atoms. The average molecular weight is 244 g/mol. The zero-order valence-electron chi connectivity index (χ0n) is 11.1. The molecule has 2 saturated heterocycles. The van der Waals surface area contributed by atoms with Crippen molar-refractivity contribution in [3.8, 4) is 0 Å². The number of fused-ring (bicyclic) bond motifs is 2.